The topological polar surface area (TPSA) is 63.9 Å². The van der Waals surface area contributed by atoms with E-state index in [9.17, 15) is 4.79 Å². The number of aromatic nitrogens is 4. The molecule has 2 aromatic heterocycles. The van der Waals surface area contributed by atoms with Crippen molar-refractivity contribution in [3.63, 3.8) is 0 Å². The summed E-state index contributed by atoms with van der Waals surface area (Å²) in [6.07, 6.45) is 10.4. The van der Waals surface area contributed by atoms with Gasteiger partial charge < -0.3 is 4.90 Å². The summed E-state index contributed by atoms with van der Waals surface area (Å²) in [6, 6.07) is 0.0289. The lowest BCUT2D eigenvalue weighted by Gasteiger charge is -2.23. The Bertz CT molecular complexity index is 595. The quantitative estimate of drug-likeness (QED) is 0.852. The van der Waals surface area contributed by atoms with Crippen LogP contribution in [0.25, 0.3) is 0 Å². The molecule has 6 nitrogen and oxygen atoms in total. The molecule has 1 atom stereocenters. The molecule has 0 aromatic carbocycles. The molecule has 0 bridgehead atoms. The molecule has 0 saturated carbocycles. The second-order valence-corrected chi connectivity index (χ2v) is 4.87. The number of rotatable bonds is 3. The first kappa shape index (κ1) is 12.8. The average Bonchev–Trinajstić information content (AvgIpc) is 3.16. The van der Waals surface area contributed by atoms with Crippen LogP contribution in [-0.4, -0.2) is 37.1 Å². The van der Waals surface area contributed by atoms with Gasteiger partial charge >= 0.3 is 0 Å². The van der Waals surface area contributed by atoms with Crippen LogP contribution in [0.2, 0.25) is 0 Å². The van der Waals surface area contributed by atoms with Gasteiger partial charge in [-0.15, -0.1) is 0 Å². The highest BCUT2D eigenvalue weighted by atomic mass is 16.2. The smallest absolute Gasteiger partial charge is 0.257 e. The molecule has 104 valence electrons. The van der Waals surface area contributed by atoms with E-state index in [0.29, 0.717) is 5.56 Å². The van der Waals surface area contributed by atoms with E-state index >= 15 is 0 Å². The van der Waals surface area contributed by atoms with E-state index in [1.54, 1.807) is 35.7 Å². The third-order valence-corrected chi connectivity index (χ3v) is 3.64. The Hall–Kier alpha value is -2.24. The first-order valence-electron chi connectivity index (χ1n) is 6.89. The van der Waals surface area contributed by atoms with E-state index in [4.69, 9.17) is 0 Å². The number of nitrogens with zero attached hydrogens (tertiary/aromatic N) is 5. The fraction of sp³-hybridized carbons (Fsp3) is 0.429. The van der Waals surface area contributed by atoms with Crippen LogP contribution < -0.4 is 0 Å². The van der Waals surface area contributed by atoms with Gasteiger partial charge in [-0.05, 0) is 19.8 Å². The SMILES string of the molecule is CCn1cc(C(=O)N2CCC[C@@H]2c2cnccn2)cn1. The molecule has 3 heterocycles. The summed E-state index contributed by atoms with van der Waals surface area (Å²) in [4.78, 5) is 22.9. The van der Waals surface area contributed by atoms with Gasteiger partial charge in [0.2, 0.25) is 0 Å². The number of hydrogen-bond acceptors (Lipinski definition) is 4. The zero-order valence-electron chi connectivity index (χ0n) is 11.4. The van der Waals surface area contributed by atoms with E-state index in [-0.39, 0.29) is 11.9 Å². The Balaban J connectivity index is 1.83. The Morgan fingerprint density at radius 1 is 1.40 bits per heavy atom. The molecular formula is C14H17N5O. The Morgan fingerprint density at radius 2 is 2.30 bits per heavy atom. The summed E-state index contributed by atoms with van der Waals surface area (Å²) in [7, 11) is 0. The zero-order chi connectivity index (χ0) is 13.9. The molecule has 1 aliphatic rings. The van der Waals surface area contributed by atoms with E-state index in [2.05, 4.69) is 15.1 Å². The molecule has 3 rings (SSSR count). The number of hydrogen-bond donors (Lipinski definition) is 0. The molecule has 1 aliphatic heterocycles. The summed E-state index contributed by atoms with van der Waals surface area (Å²) in [5.74, 6) is 0.0258. The van der Waals surface area contributed by atoms with Crippen LogP contribution in [-0.2, 0) is 6.54 Å². The van der Waals surface area contributed by atoms with E-state index in [1.165, 1.54) is 0 Å². The number of aryl methyl sites for hydroxylation is 1. The maximum Gasteiger partial charge on any atom is 0.257 e. The highest BCUT2D eigenvalue weighted by molar-refractivity contribution is 5.94. The van der Waals surface area contributed by atoms with E-state index in [0.717, 1.165) is 31.6 Å². The summed E-state index contributed by atoms with van der Waals surface area (Å²) in [6.45, 7) is 3.53. The minimum atomic E-state index is 0.0258. The average molecular weight is 271 g/mol. The van der Waals surface area contributed by atoms with E-state index in [1.807, 2.05) is 11.8 Å². The van der Waals surface area contributed by atoms with Crippen LogP contribution >= 0.6 is 0 Å². The fourth-order valence-corrected chi connectivity index (χ4v) is 2.61. The van der Waals surface area contributed by atoms with Crippen molar-refractivity contribution in [2.75, 3.05) is 6.54 Å². The lowest BCUT2D eigenvalue weighted by atomic mass is 10.1. The summed E-state index contributed by atoms with van der Waals surface area (Å²) in [5, 5.41) is 4.17. The largest absolute Gasteiger partial charge is 0.330 e. The summed E-state index contributed by atoms with van der Waals surface area (Å²) < 4.78 is 1.76. The Morgan fingerprint density at radius 3 is 3.00 bits per heavy atom. The molecule has 0 aliphatic carbocycles. The third-order valence-electron chi connectivity index (χ3n) is 3.64. The van der Waals surface area contributed by atoms with E-state index < -0.39 is 0 Å². The highest BCUT2D eigenvalue weighted by Gasteiger charge is 2.32. The molecule has 0 N–H and O–H groups in total. The molecule has 1 saturated heterocycles. The molecule has 1 amide bonds. The molecular weight excluding hydrogens is 254 g/mol. The predicted octanol–water partition coefficient (Wildman–Crippen LogP) is 1.67. The van der Waals surface area contributed by atoms with Crippen LogP contribution in [0.5, 0.6) is 0 Å². The Labute approximate surface area is 117 Å². The number of carbonyl (C=O) groups is 1. The van der Waals surface area contributed by atoms with Crippen molar-refractivity contribution in [1.82, 2.24) is 24.6 Å². The predicted molar refractivity (Wildman–Crippen MR) is 72.9 cm³/mol. The van der Waals surface area contributed by atoms with Gasteiger partial charge in [-0.1, -0.05) is 0 Å². The molecule has 0 unspecified atom stereocenters. The lowest BCUT2D eigenvalue weighted by Crippen LogP contribution is -2.30. The first-order valence-corrected chi connectivity index (χ1v) is 6.89. The molecule has 0 spiro atoms. The Kier molecular flexibility index (Phi) is 3.45. The monoisotopic (exact) mass is 271 g/mol. The van der Waals surface area contributed by atoms with Gasteiger partial charge in [-0.3, -0.25) is 19.4 Å². The summed E-state index contributed by atoms with van der Waals surface area (Å²) >= 11 is 0. The number of likely N-dealkylation sites (tertiary alicyclic amines) is 1. The molecule has 2 aromatic rings. The van der Waals surface area contributed by atoms with Crippen molar-refractivity contribution in [1.29, 1.82) is 0 Å². The summed E-state index contributed by atoms with van der Waals surface area (Å²) in [5.41, 5.74) is 1.50. The normalized spacial score (nSPS) is 18.4. The van der Waals surface area contributed by atoms with Gasteiger partial charge in [0.05, 0.1) is 29.7 Å². The van der Waals surface area contributed by atoms with Gasteiger partial charge in [0, 0.05) is 31.7 Å². The number of carbonyl (C=O) groups excluding carboxylic acids is 1. The third kappa shape index (κ3) is 2.29. The van der Waals surface area contributed by atoms with Crippen molar-refractivity contribution in [3.05, 3.63) is 42.2 Å². The minimum absolute atomic E-state index is 0.0258. The fourth-order valence-electron chi connectivity index (χ4n) is 2.61. The first-order chi connectivity index (χ1) is 9.79. The van der Waals surface area contributed by atoms with Crippen molar-refractivity contribution in [3.8, 4) is 0 Å². The molecule has 6 heteroatoms. The standard InChI is InChI=1S/C14H17N5O/c1-2-18-10-11(8-17-18)14(20)19-7-3-4-13(19)12-9-15-5-6-16-12/h5-6,8-10,13H,2-4,7H2,1H3/t13-/m1/s1. The van der Waals surface area contributed by atoms with Gasteiger partial charge in [-0.2, -0.15) is 5.10 Å². The second-order valence-electron chi connectivity index (χ2n) is 4.87. The van der Waals surface area contributed by atoms with Crippen molar-refractivity contribution in [2.24, 2.45) is 0 Å². The van der Waals surface area contributed by atoms with Gasteiger partial charge in [0.25, 0.3) is 5.91 Å². The molecule has 20 heavy (non-hydrogen) atoms. The maximum atomic E-state index is 12.6. The van der Waals surface area contributed by atoms with Crippen molar-refractivity contribution in [2.45, 2.75) is 32.4 Å². The molecule has 1 fully saturated rings. The van der Waals surface area contributed by atoms with Crippen LogP contribution in [0.3, 0.4) is 0 Å². The maximum absolute atomic E-state index is 12.6. The minimum Gasteiger partial charge on any atom is -0.330 e. The van der Waals surface area contributed by atoms with Crippen LogP contribution in [0.4, 0.5) is 0 Å². The second kappa shape index (κ2) is 5.40. The van der Waals surface area contributed by atoms with Crippen molar-refractivity contribution < 1.29 is 4.79 Å². The molecule has 0 radical (unpaired) electrons. The van der Waals surface area contributed by atoms with Crippen LogP contribution in [0, 0.1) is 0 Å². The van der Waals surface area contributed by atoms with Crippen LogP contribution in [0.15, 0.2) is 31.0 Å². The number of amides is 1. The van der Waals surface area contributed by atoms with Gasteiger partial charge in [0.15, 0.2) is 0 Å². The van der Waals surface area contributed by atoms with Gasteiger partial charge in [0.1, 0.15) is 0 Å². The zero-order valence-corrected chi connectivity index (χ0v) is 11.4. The van der Waals surface area contributed by atoms with Crippen molar-refractivity contribution >= 4 is 5.91 Å². The van der Waals surface area contributed by atoms with Gasteiger partial charge in [-0.25, -0.2) is 0 Å². The van der Waals surface area contributed by atoms with Crippen LogP contribution in [0.1, 0.15) is 41.9 Å². The lowest BCUT2D eigenvalue weighted by molar-refractivity contribution is 0.0732. The highest BCUT2D eigenvalue weighted by Crippen LogP contribution is 2.31.